The predicted molar refractivity (Wildman–Crippen MR) is 85.0 cm³/mol. The number of hydrogen-bond acceptors (Lipinski definition) is 3. The van der Waals surface area contributed by atoms with Crippen molar-refractivity contribution in [3.63, 3.8) is 0 Å². The van der Waals surface area contributed by atoms with E-state index >= 15 is 0 Å². The average Bonchev–Trinajstić information content (AvgIpc) is 3.03. The van der Waals surface area contributed by atoms with E-state index in [1.54, 1.807) is 11.3 Å². The van der Waals surface area contributed by atoms with Crippen LogP contribution in [0.25, 0.3) is 10.1 Å². The van der Waals surface area contributed by atoms with Gasteiger partial charge in [0, 0.05) is 29.5 Å². The molecule has 0 aliphatic rings. The van der Waals surface area contributed by atoms with Crippen molar-refractivity contribution in [2.24, 2.45) is 12.8 Å². The number of nitrogens with zero attached hydrogens (tertiary/aromatic N) is 2. The molecule has 0 aliphatic heterocycles. The van der Waals surface area contributed by atoms with Crippen LogP contribution in [0, 0.1) is 0 Å². The summed E-state index contributed by atoms with van der Waals surface area (Å²) in [5.74, 6) is 0. The van der Waals surface area contributed by atoms with Gasteiger partial charge in [0.1, 0.15) is 0 Å². The molecule has 0 radical (unpaired) electrons. The predicted octanol–water partition coefficient (Wildman–Crippen LogP) is 3.44. The van der Waals surface area contributed by atoms with Crippen LogP contribution in [0.15, 0.2) is 35.8 Å². The molecule has 1 atom stereocenters. The lowest BCUT2D eigenvalue weighted by Crippen LogP contribution is -2.14. The van der Waals surface area contributed by atoms with Gasteiger partial charge in [-0.05, 0) is 35.2 Å². The normalized spacial score (nSPS) is 12.9. The van der Waals surface area contributed by atoms with Crippen LogP contribution >= 0.6 is 11.3 Å². The monoisotopic (exact) mass is 285 g/mol. The minimum Gasteiger partial charge on any atom is -0.324 e. The zero-order valence-corrected chi connectivity index (χ0v) is 12.7. The fourth-order valence-electron chi connectivity index (χ4n) is 2.68. The van der Waals surface area contributed by atoms with Crippen molar-refractivity contribution in [3.05, 3.63) is 52.7 Å². The molecule has 1 unspecified atom stereocenters. The van der Waals surface area contributed by atoms with E-state index in [4.69, 9.17) is 5.73 Å². The lowest BCUT2D eigenvalue weighted by molar-refractivity contribution is 0.716. The molecule has 0 amide bonds. The molecule has 0 saturated carbocycles. The minimum absolute atomic E-state index is 0.0108. The Morgan fingerprint density at radius 2 is 2.15 bits per heavy atom. The number of rotatable bonds is 4. The Kier molecular flexibility index (Phi) is 3.59. The molecule has 3 aromatic rings. The van der Waals surface area contributed by atoms with Crippen LogP contribution in [-0.2, 0) is 19.9 Å². The molecule has 3 nitrogen and oxygen atoms in total. The van der Waals surface area contributed by atoms with Crippen LogP contribution < -0.4 is 5.73 Å². The third-order valence-electron chi connectivity index (χ3n) is 3.67. The zero-order chi connectivity index (χ0) is 14.1. The number of aryl methyl sites for hydroxylation is 2. The van der Waals surface area contributed by atoms with Gasteiger partial charge in [-0.25, -0.2) is 0 Å². The largest absolute Gasteiger partial charge is 0.324 e. The Labute approximate surface area is 123 Å². The molecular weight excluding hydrogens is 266 g/mol. The second-order valence-corrected chi connectivity index (χ2v) is 6.04. The molecule has 2 aromatic heterocycles. The summed E-state index contributed by atoms with van der Waals surface area (Å²) in [5.41, 5.74) is 10.0. The molecule has 104 valence electrons. The van der Waals surface area contributed by atoms with Gasteiger partial charge in [-0.3, -0.25) is 4.68 Å². The second-order valence-electron chi connectivity index (χ2n) is 5.13. The van der Waals surface area contributed by atoms with E-state index in [0.29, 0.717) is 0 Å². The van der Waals surface area contributed by atoms with Gasteiger partial charge in [0.15, 0.2) is 0 Å². The van der Waals surface area contributed by atoms with Gasteiger partial charge >= 0.3 is 0 Å². The summed E-state index contributed by atoms with van der Waals surface area (Å²) in [4.78, 5) is 0. The first-order valence-corrected chi connectivity index (χ1v) is 7.80. The van der Waals surface area contributed by atoms with Crippen molar-refractivity contribution >= 4 is 21.4 Å². The SMILES string of the molecule is CCc1nn(C)cc1C(N)Cc1csc2ccccc12. The van der Waals surface area contributed by atoms with Gasteiger partial charge in [-0.15, -0.1) is 11.3 Å². The highest BCUT2D eigenvalue weighted by Crippen LogP contribution is 2.29. The molecule has 0 bridgehead atoms. The average molecular weight is 285 g/mol. The van der Waals surface area contributed by atoms with E-state index in [-0.39, 0.29) is 6.04 Å². The number of fused-ring (bicyclic) bond motifs is 1. The maximum atomic E-state index is 6.42. The van der Waals surface area contributed by atoms with E-state index in [2.05, 4.69) is 47.9 Å². The fourth-order valence-corrected chi connectivity index (χ4v) is 3.65. The highest BCUT2D eigenvalue weighted by atomic mass is 32.1. The van der Waals surface area contributed by atoms with Crippen LogP contribution in [0.1, 0.15) is 29.8 Å². The molecule has 1 aromatic carbocycles. The quantitative estimate of drug-likeness (QED) is 0.798. The van der Waals surface area contributed by atoms with Crippen LogP contribution in [0.3, 0.4) is 0 Å². The van der Waals surface area contributed by atoms with Crippen LogP contribution in [0.5, 0.6) is 0 Å². The molecule has 2 N–H and O–H groups in total. The molecule has 0 spiro atoms. The summed E-state index contributed by atoms with van der Waals surface area (Å²) in [6.45, 7) is 2.12. The molecular formula is C16H19N3S. The molecule has 2 heterocycles. The van der Waals surface area contributed by atoms with Gasteiger partial charge in [0.25, 0.3) is 0 Å². The van der Waals surface area contributed by atoms with E-state index in [1.807, 2.05) is 11.7 Å². The van der Waals surface area contributed by atoms with Crippen molar-refractivity contribution in [1.82, 2.24) is 9.78 Å². The maximum absolute atomic E-state index is 6.42. The molecule has 20 heavy (non-hydrogen) atoms. The number of nitrogens with two attached hydrogens (primary N) is 1. The number of thiophene rings is 1. The van der Waals surface area contributed by atoms with Crippen molar-refractivity contribution in [2.75, 3.05) is 0 Å². The number of hydrogen-bond donors (Lipinski definition) is 1. The Morgan fingerprint density at radius 3 is 2.95 bits per heavy atom. The van der Waals surface area contributed by atoms with Gasteiger partial charge < -0.3 is 5.73 Å². The van der Waals surface area contributed by atoms with Gasteiger partial charge in [0.05, 0.1) is 5.69 Å². The molecule has 4 heteroatoms. The Bertz CT molecular complexity index is 726. The zero-order valence-electron chi connectivity index (χ0n) is 11.8. The summed E-state index contributed by atoms with van der Waals surface area (Å²) in [7, 11) is 1.95. The second kappa shape index (κ2) is 5.38. The standard InChI is InChI=1S/C16H19N3S/c1-3-15-13(9-19(2)18-15)14(17)8-11-10-20-16-7-5-4-6-12(11)16/h4-7,9-10,14H,3,8,17H2,1-2H3. The third-order valence-corrected chi connectivity index (χ3v) is 4.69. The van der Waals surface area contributed by atoms with E-state index in [1.165, 1.54) is 21.2 Å². The van der Waals surface area contributed by atoms with Gasteiger partial charge in [-0.2, -0.15) is 5.10 Å². The first kappa shape index (κ1) is 13.3. The smallest absolute Gasteiger partial charge is 0.0669 e. The van der Waals surface area contributed by atoms with Gasteiger partial charge in [-0.1, -0.05) is 25.1 Å². The first-order chi connectivity index (χ1) is 9.69. The van der Waals surface area contributed by atoms with Crippen molar-refractivity contribution in [3.8, 4) is 0 Å². The van der Waals surface area contributed by atoms with Crippen molar-refractivity contribution in [2.45, 2.75) is 25.8 Å². The molecule has 3 rings (SSSR count). The van der Waals surface area contributed by atoms with Gasteiger partial charge in [0.2, 0.25) is 0 Å². The fraction of sp³-hybridized carbons (Fsp3) is 0.312. The van der Waals surface area contributed by atoms with E-state index in [9.17, 15) is 0 Å². The molecule has 0 aliphatic carbocycles. The summed E-state index contributed by atoms with van der Waals surface area (Å²) >= 11 is 1.79. The van der Waals surface area contributed by atoms with Crippen LogP contribution in [-0.4, -0.2) is 9.78 Å². The topological polar surface area (TPSA) is 43.8 Å². The summed E-state index contributed by atoms with van der Waals surface area (Å²) in [5, 5.41) is 8.04. The summed E-state index contributed by atoms with van der Waals surface area (Å²) in [6.07, 6.45) is 3.84. The summed E-state index contributed by atoms with van der Waals surface area (Å²) in [6, 6.07) is 8.52. The lowest BCUT2D eigenvalue weighted by Gasteiger charge is -2.10. The van der Waals surface area contributed by atoms with Crippen molar-refractivity contribution in [1.29, 1.82) is 0 Å². The minimum atomic E-state index is 0.0108. The van der Waals surface area contributed by atoms with E-state index < -0.39 is 0 Å². The lowest BCUT2D eigenvalue weighted by atomic mass is 9.99. The number of benzene rings is 1. The summed E-state index contributed by atoms with van der Waals surface area (Å²) < 4.78 is 3.19. The first-order valence-electron chi connectivity index (χ1n) is 6.92. The maximum Gasteiger partial charge on any atom is 0.0669 e. The van der Waals surface area contributed by atoms with Crippen LogP contribution in [0.4, 0.5) is 0 Å². The van der Waals surface area contributed by atoms with Crippen LogP contribution in [0.2, 0.25) is 0 Å². The van der Waals surface area contributed by atoms with E-state index in [0.717, 1.165) is 18.5 Å². The number of aromatic nitrogens is 2. The Balaban J connectivity index is 1.90. The highest BCUT2D eigenvalue weighted by Gasteiger charge is 2.16. The highest BCUT2D eigenvalue weighted by molar-refractivity contribution is 7.17. The Morgan fingerprint density at radius 1 is 1.35 bits per heavy atom. The molecule has 0 fully saturated rings. The molecule has 0 saturated heterocycles. The Hall–Kier alpha value is -1.65. The van der Waals surface area contributed by atoms with Crippen molar-refractivity contribution < 1.29 is 0 Å². The third kappa shape index (κ3) is 2.37.